The van der Waals surface area contributed by atoms with Crippen molar-refractivity contribution in [1.82, 2.24) is 9.91 Å². The molecule has 0 amide bonds. The summed E-state index contributed by atoms with van der Waals surface area (Å²) in [6, 6.07) is 0. The Balaban J connectivity index is 2.12. The van der Waals surface area contributed by atoms with Gasteiger partial charge >= 0.3 is 0 Å². The molecule has 1 aliphatic heterocycles. The summed E-state index contributed by atoms with van der Waals surface area (Å²) in [6.07, 6.45) is 1.02. The minimum absolute atomic E-state index is 0.714. The molecule has 0 unspecified atom stereocenters. The van der Waals surface area contributed by atoms with Crippen molar-refractivity contribution in [2.45, 2.75) is 6.42 Å². The van der Waals surface area contributed by atoms with Crippen LogP contribution < -0.4 is 0 Å². The highest BCUT2D eigenvalue weighted by Crippen LogP contribution is 2.02. The average molecular weight is 192 g/mol. The summed E-state index contributed by atoms with van der Waals surface area (Å²) in [7, 11) is 0. The summed E-state index contributed by atoms with van der Waals surface area (Å²) in [6.45, 7) is 4.42. The Labute approximate surface area is 77.4 Å². The zero-order valence-electron chi connectivity index (χ0n) is 7.08. The van der Waals surface area contributed by atoms with Crippen LogP contribution >= 0.6 is 11.6 Å². The van der Waals surface area contributed by atoms with Crippen molar-refractivity contribution in [3.63, 3.8) is 0 Å². The highest BCUT2D eigenvalue weighted by atomic mass is 35.5. The summed E-state index contributed by atoms with van der Waals surface area (Å²) in [5.41, 5.74) is 0. The zero-order chi connectivity index (χ0) is 8.81. The molecule has 0 saturated carbocycles. The van der Waals surface area contributed by atoms with Crippen LogP contribution in [0, 0.1) is 4.91 Å². The van der Waals surface area contributed by atoms with Crippen LogP contribution in [0.4, 0.5) is 0 Å². The van der Waals surface area contributed by atoms with Gasteiger partial charge in [0.15, 0.2) is 0 Å². The molecule has 0 atom stereocenters. The van der Waals surface area contributed by atoms with Crippen molar-refractivity contribution in [1.29, 1.82) is 0 Å². The molecule has 4 nitrogen and oxygen atoms in total. The van der Waals surface area contributed by atoms with Gasteiger partial charge in [-0.1, -0.05) is 0 Å². The van der Waals surface area contributed by atoms with E-state index < -0.39 is 0 Å². The Kier molecular flexibility index (Phi) is 4.32. The van der Waals surface area contributed by atoms with Crippen LogP contribution in [0.25, 0.3) is 0 Å². The highest BCUT2D eigenvalue weighted by molar-refractivity contribution is 6.17. The third-order valence-corrected chi connectivity index (χ3v) is 2.34. The Hall–Kier alpha value is -0.350. The van der Waals surface area contributed by atoms with Gasteiger partial charge in [0.2, 0.25) is 0 Å². The van der Waals surface area contributed by atoms with Gasteiger partial charge in [0, 0.05) is 19.0 Å². The predicted octanol–water partition coefficient (Wildman–Crippen LogP) is 0.914. The van der Waals surface area contributed by atoms with Gasteiger partial charge in [-0.2, -0.15) is 0 Å². The molecular weight excluding hydrogens is 178 g/mol. The summed E-state index contributed by atoms with van der Waals surface area (Å²) in [5.74, 6) is 0.714. The first-order valence-electron chi connectivity index (χ1n) is 4.23. The lowest BCUT2D eigenvalue weighted by Gasteiger charge is -2.30. The lowest BCUT2D eigenvalue weighted by molar-refractivity contribution is 0.135. The van der Waals surface area contributed by atoms with Gasteiger partial charge in [0.25, 0.3) is 0 Å². The van der Waals surface area contributed by atoms with E-state index in [0.29, 0.717) is 5.88 Å². The molecule has 0 spiro atoms. The monoisotopic (exact) mass is 191 g/mol. The standard InChI is InChI=1S/C7H14ClN3O/c8-2-1-3-10-4-6-11(9-12)7-5-10/h1-7H2. The van der Waals surface area contributed by atoms with Crippen LogP contribution in [0.15, 0.2) is 5.29 Å². The molecule has 0 bridgehead atoms. The van der Waals surface area contributed by atoms with Gasteiger partial charge in [-0.15, -0.1) is 16.5 Å². The Bertz CT molecular complexity index is 137. The molecule has 12 heavy (non-hydrogen) atoms. The minimum Gasteiger partial charge on any atom is -0.300 e. The Morgan fingerprint density at radius 2 is 1.92 bits per heavy atom. The van der Waals surface area contributed by atoms with Crippen molar-refractivity contribution in [2.24, 2.45) is 5.29 Å². The second-order valence-electron chi connectivity index (χ2n) is 2.92. The third-order valence-electron chi connectivity index (χ3n) is 2.07. The van der Waals surface area contributed by atoms with Crippen LogP contribution in [0.2, 0.25) is 0 Å². The number of halogens is 1. The Morgan fingerprint density at radius 1 is 1.25 bits per heavy atom. The fraction of sp³-hybridized carbons (Fsp3) is 1.00. The highest BCUT2D eigenvalue weighted by Gasteiger charge is 2.14. The van der Waals surface area contributed by atoms with Gasteiger partial charge in [0.1, 0.15) is 0 Å². The van der Waals surface area contributed by atoms with Gasteiger partial charge in [-0.3, -0.25) is 9.91 Å². The lowest BCUT2D eigenvalue weighted by Crippen LogP contribution is -2.44. The molecule has 70 valence electrons. The van der Waals surface area contributed by atoms with E-state index in [4.69, 9.17) is 11.6 Å². The number of hydrogen-bond acceptors (Lipinski definition) is 3. The Morgan fingerprint density at radius 3 is 2.42 bits per heavy atom. The lowest BCUT2D eigenvalue weighted by atomic mass is 10.3. The van der Waals surface area contributed by atoms with E-state index in [9.17, 15) is 4.91 Å². The first-order valence-corrected chi connectivity index (χ1v) is 4.77. The first kappa shape index (κ1) is 9.74. The van der Waals surface area contributed by atoms with E-state index in [1.807, 2.05) is 0 Å². The van der Waals surface area contributed by atoms with E-state index in [1.54, 1.807) is 5.01 Å². The maximum atomic E-state index is 10.1. The quantitative estimate of drug-likeness (QED) is 0.490. The molecular formula is C7H14ClN3O. The van der Waals surface area contributed by atoms with E-state index in [1.165, 1.54) is 0 Å². The van der Waals surface area contributed by atoms with Gasteiger partial charge in [-0.05, 0) is 13.0 Å². The smallest absolute Gasteiger partial charge is 0.0524 e. The summed E-state index contributed by atoms with van der Waals surface area (Å²) in [5, 5.41) is 4.46. The van der Waals surface area contributed by atoms with Crippen LogP contribution in [0.1, 0.15) is 6.42 Å². The number of nitroso groups, excluding NO2 is 1. The SMILES string of the molecule is O=NN1CCN(CCCCl)CC1. The molecule has 1 heterocycles. The number of alkyl halides is 1. The van der Waals surface area contributed by atoms with E-state index in [2.05, 4.69) is 10.2 Å². The molecule has 1 fully saturated rings. The van der Waals surface area contributed by atoms with Crippen LogP contribution in [0.3, 0.4) is 0 Å². The van der Waals surface area contributed by atoms with Crippen molar-refractivity contribution >= 4 is 11.6 Å². The summed E-state index contributed by atoms with van der Waals surface area (Å²) in [4.78, 5) is 12.4. The molecule has 1 saturated heterocycles. The van der Waals surface area contributed by atoms with Crippen molar-refractivity contribution < 1.29 is 0 Å². The third kappa shape index (κ3) is 2.95. The number of nitrogens with zero attached hydrogens (tertiary/aromatic N) is 3. The van der Waals surface area contributed by atoms with Crippen LogP contribution in [-0.4, -0.2) is 48.5 Å². The van der Waals surface area contributed by atoms with E-state index in [-0.39, 0.29) is 0 Å². The second kappa shape index (κ2) is 5.32. The van der Waals surface area contributed by atoms with Gasteiger partial charge in [-0.25, -0.2) is 0 Å². The maximum Gasteiger partial charge on any atom is 0.0524 e. The van der Waals surface area contributed by atoms with Crippen molar-refractivity contribution in [3.05, 3.63) is 4.91 Å². The molecule has 0 aromatic rings. The van der Waals surface area contributed by atoms with Crippen LogP contribution in [-0.2, 0) is 0 Å². The molecule has 5 heteroatoms. The minimum atomic E-state index is 0.714. The summed E-state index contributed by atoms with van der Waals surface area (Å²) < 4.78 is 0. The number of hydrogen-bond donors (Lipinski definition) is 0. The summed E-state index contributed by atoms with van der Waals surface area (Å²) >= 11 is 5.57. The van der Waals surface area contributed by atoms with Gasteiger partial charge < -0.3 is 0 Å². The molecule has 0 aliphatic carbocycles. The van der Waals surface area contributed by atoms with Gasteiger partial charge in [0.05, 0.1) is 18.4 Å². The fourth-order valence-electron chi connectivity index (χ4n) is 1.33. The van der Waals surface area contributed by atoms with Crippen molar-refractivity contribution in [2.75, 3.05) is 38.6 Å². The number of piperazine rings is 1. The molecule has 1 aliphatic rings. The van der Waals surface area contributed by atoms with Crippen molar-refractivity contribution in [3.8, 4) is 0 Å². The molecule has 0 radical (unpaired) electrons. The fourth-order valence-corrected chi connectivity index (χ4v) is 1.45. The molecule has 1 rings (SSSR count). The average Bonchev–Trinajstić information content (AvgIpc) is 2.15. The first-order chi connectivity index (χ1) is 5.86. The molecule has 0 aromatic heterocycles. The van der Waals surface area contributed by atoms with Crippen LogP contribution in [0.5, 0.6) is 0 Å². The number of rotatable bonds is 4. The van der Waals surface area contributed by atoms with E-state index >= 15 is 0 Å². The normalized spacial score (nSPS) is 19.6. The topological polar surface area (TPSA) is 35.9 Å². The second-order valence-corrected chi connectivity index (χ2v) is 3.30. The predicted molar refractivity (Wildman–Crippen MR) is 49.1 cm³/mol. The zero-order valence-corrected chi connectivity index (χ0v) is 7.83. The molecule has 0 aromatic carbocycles. The molecule has 0 N–H and O–H groups in total. The maximum absolute atomic E-state index is 10.1. The van der Waals surface area contributed by atoms with E-state index in [0.717, 1.165) is 39.1 Å². The largest absolute Gasteiger partial charge is 0.300 e.